The Morgan fingerprint density at radius 3 is 2.56 bits per heavy atom. The smallest absolute Gasteiger partial charge is 0.283 e. The fraction of sp³-hybridized carbons (Fsp3) is 0.200. The number of benzene rings is 2. The summed E-state index contributed by atoms with van der Waals surface area (Å²) in [7, 11) is 1.60. The zero-order chi connectivity index (χ0) is 24.1. The highest BCUT2D eigenvalue weighted by atomic mass is 32.2. The number of aromatic nitrogens is 1. The Labute approximate surface area is 201 Å². The number of methoxy groups -OCH3 is 1. The molecule has 1 N–H and O–H groups in total. The molecule has 1 aliphatic heterocycles. The number of para-hydroxylation sites is 1. The lowest BCUT2D eigenvalue weighted by molar-refractivity contribution is -0.116. The van der Waals surface area contributed by atoms with E-state index in [0.717, 1.165) is 11.3 Å². The number of amidine groups is 1. The Morgan fingerprint density at radius 2 is 1.94 bits per heavy atom. The molecule has 0 saturated carbocycles. The van der Waals surface area contributed by atoms with E-state index in [1.54, 1.807) is 26.2 Å². The number of nitrogens with one attached hydrogen (secondary N) is 1. The number of nitrogens with zero attached hydrogens (tertiary/aromatic N) is 3. The predicted molar refractivity (Wildman–Crippen MR) is 134 cm³/mol. The Morgan fingerprint density at radius 1 is 1.21 bits per heavy atom. The van der Waals surface area contributed by atoms with Gasteiger partial charge in [0.1, 0.15) is 17.2 Å². The van der Waals surface area contributed by atoms with Gasteiger partial charge in [0.25, 0.3) is 5.91 Å². The van der Waals surface area contributed by atoms with Crippen LogP contribution in [0.1, 0.15) is 24.7 Å². The second-order valence-electron chi connectivity index (χ2n) is 7.50. The van der Waals surface area contributed by atoms with Gasteiger partial charge in [-0.15, -0.1) is 0 Å². The van der Waals surface area contributed by atoms with Gasteiger partial charge >= 0.3 is 0 Å². The highest BCUT2D eigenvalue weighted by Crippen LogP contribution is 2.32. The van der Waals surface area contributed by atoms with Crippen molar-refractivity contribution in [2.24, 2.45) is 4.99 Å². The minimum Gasteiger partial charge on any atom is -0.497 e. The molecule has 174 valence electrons. The predicted octanol–water partition coefficient (Wildman–Crippen LogP) is 4.89. The van der Waals surface area contributed by atoms with Crippen LogP contribution in [0.25, 0.3) is 6.08 Å². The third kappa shape index (κ3) is 5.20. The molecule has 3 aromatic rings. The first kappa shape index (κ1) is 23.3. The number of hydrogen-bond donors (Lipinski definition) is 1. The van der Waals surface area contributed by atoms with Crippen LogP contribution in [0.15, 0.2) is 75.9 Å². The maximum absolute atomic E-state index is 13.4. The SMILES string of the molecule is CC[C@@H](SC1=N/C(=C/c2ccc(OC)cc2)C(=O)N1c1ccccc1)C(=O)Nc1cc(C)on1. The van der Waals surface area contributed by atoms with Gasteiger partial charge in [-0.25, -0.2) is 4.99 Å². The molecule has 2 aromatic carbocycles. The fourth-order valence-corrected chi connectivity index (χ4v) is 4.35. The molecule has 0 unspecified atom stereocenters. The number of aryl methyl sites for hydroxylation is 1. The van der Waals surface area contributed by atoms with E-state index in [9.17, 15) is 9.59 Å². The van der Waals surface area contributed by atoms with Crippen LogP contribution in [-0.4, -0.2) is 34.5 Å². The topological polar surface area (TPSA) is 97.0 Å². The van der Waals surface area contributed by atoms with Crippen molar-refractivity contribution in [1.29, 1.82) is 0 Å². The van der Waals surface area contributed by atoms with Crippen LogP contribution < -0.4 is 15.0 Å². The van der Waals surface area contributed by atoms with Gasteiger partial charge in [-0.05, 0) is 49.2 Å². The van der Waals surface area contributed by atoms with Crippen molar-refractivity contribution in [1.82, 2.24) is 5.16 Å². The van der Waals surface area contributed by atoms with Crippen LogP contribution in [0.5, 0.6) is 5.75 Å². The average molecular weight is 477 g/mol. The molecule has 0 bridgehead atoms. The summed E-state index contributed by atoms with van der Waals surface area (Å²) in [5, 5.41) is 6.54. The third-order valence-electron chi connectivity index (χ3n) is 5.05. The average Bonchev–Trinajstić information content (AvgIpc) is 3.40. The van der Waals surface area contributed by atoms with Crippen LogP contribution in [0.2, 0.25) is 0 Å². The van der Waals surface area contributed by atoms with Crippen molar-refractivity contribution < 1.29 is 18.8 Å². The van der Waals surface area contributed by atoms with Crippen LogP contribution in [0.4, 0.5) is 11.5 Å². The molecule has 0 aliphatic carbocycles. The largest absolute Gasteiger partial charge is 0.497 e. The number of carbonyl (C=O) groups is 2. The standard InChI is InChI=1S/C25H24N4O4S/c1-4-21(23(30)27-22-14-16(2)33-28-22)34-25-26-20(15-17-10-12-19(32-3)13-11-17)24(31)29(25)18-8-6-5-7-9-18/h5-15,21H,4H2,1-3H3,(H,27,28,30)/b20-15+/t21-/m1/s1. The number of hydrogen-bond acceptors (Lipinski definition) is 7. The molecule has 1 aromatic heterocycles. The summed E-state index contributed by atoms with van der Waals surface area (Å²) in [5.41, 5.74) is 1.79. The number of thioether (sulfide) groups is 1. The number of aliphatic imine (C=N–C) groups is 1. The van der Waals surface area contributed by atoms with Gasteiger partial charge in [0.15, 0.2) is 11.0 Å². The van der Waals surface area contributed by atoms with Crippen LogP contribution >= 0.6 is 11.8 Å². The van der Waals surface area contributed by atoms with E-state index in [0.29, 0.717) is 34.6 Å². The maximum atomic E-state index is 13.4. The van der Waals surface area contributed by atoms with Gasteiger partial charge in [-0.3, -0.25) is 14.5 Å². The first-order chi connectivity index (χ1) is 16.5. The van der Waals surface area contributed by atoms with Crippen molar-refractivity contribution in [2.75, 3.05) is 17.3 Å². The highest BCUT2D eigenvalue weighted by molar-refractivity contribution is 8.15. The second-order valence-corrected chi connectivity index (χ2v) is 8.67. The zero-order valence-electron chi connectivity index (χ0n) is 19.0. The van der Waals surface area contributed by atoms with Crippen LogP contribution in [0.3, 0.4) is 0 Å². The molecule has 8 nitrogen and oxygen atoms in total. The van der Waals surface area contributed by atoms with Crippen LogP contribution in [-0.2, 0) is 9.59 Å². The third-order valence-corrected chi connectivity index (χ3v) is 6.37. The number of anilines is 2. The normalized spacial score (nSPS) is 15.4. The quantitative estimate of drug-likeness (QED) is 0.488. The summed E-state index contributed by atoms with van der Waals surface area (Å²) >= 11 is 1.24. The summed E-state index contributed by atoms with van der Waals surface area (Å²) in [6.45, 7) is 3.66. The fourth-order valence-electron chi connectivity index (χ4n) is 3.32. The molecule has 0 fully saturated rings. The number of ether oxygens (including phenoxy) is 1. The van der Waals surface area contributed by atoms with Gasteiger partial charge in [-0.1, -0.05) is 54.2 Å². The van der Waals surface area contributed by atoms with Crippen molar-refractivity contribution in [3.63, 3.8) is 0 Å². The first-order valence-electron chi connectivity index (χ1n) is 10.7. The molecule has 2 heterocycles. The summed E-state index contributed by atoms with van der Waals surface area (Å²) in [4.78, 5) is 32.4. The second kappa shape index (κ2) is 10.4. The minimum absolute atomic E-state index is 0.239. The molecule has 34 heavy (non-hydrogen) atoms. The number of carbonyl (C=O) groups excluding carboxylic acids is 2. The van der Waals surface area contributed by atoms with Crippen LogP contribution in [0, 0.1) is 6.92 Å². The summed E-state index contributed by atoms with van der Waals surface area (Å²) in [5.74, 6) is 1.18. The Bertz CT molecular complexity index is 1240. The molecule has 1 aliphatic rings. The summed E-state index contributed by atoms with van der Waals surface area (Å²) in [6, 6.07) is 18.3. The van der Waals surface area contributed by atoms with Gasteiger partial charge in [0.05, 0.1) is 18.0 Å². The maximum Gasteiger partial charge on any atom is 0.283 e. The summed E-state index contributed by atoms with van der Waals surface area (Å²) < 4.78 is 10.2. The number of amides is 2. The molecule has 0 radical (unpaired) electrons. The van der Waals surface area contributed by atoms with E-state index in [4.69, 9.17) is 9.26 Å². The van der Waals surface area contributed by atoms with Gasteiger partial charge in [-0.2, -0.15) is 0 Å². The van der Waals surface area contributed by atoms with E-state index in [2.05, 4.69) is 15.5 Å². The molecule has 0 spiro atoms. The molecular formula is C25H24N4O4S. The number of rotatable bonds is 7. The first-order valence-corrected chi connectivity index (χ1v) is 11.6. The Balaban J connectivity index is 1.62. The molecule has 2 amide bonds. The Kier molecular flexibility index (Phi) is 7.12. The highest BCUT2D eigenvalue weighted by Gasteiger charge is 2.35. The monoisotopic (exact) mass is 476 g/mol. The Hall–Kier alpha value is -3.85. The lowest BCUT2D eigenvalue weighted by Crippen LogP contribution is -2.34. The molecule has 9 heteroatoms. The lowest BCUT2D eigenvalue weighted by atomic mass is 10.2. The molecule has 4 rings (SSSR count). The van der Waals surface area contributed by atoms with E-state index >= 15 is 0 Å². The molecule has 1 atom stereocenters. The van der Waals surface area contributed by atoms with Crippen molar-refractivity contribution in [2.45, 2.75) is 25.5 Å². The molecular weight excluding hydrogens is 452 g/mol. The van der Waals surface area contributed by atoms with E-state index in [1.807, 2.05) is 61.5 Å². The lowest BCUT2D eigenvalue weighted by Gasteiger charge is -2.20. The van der Waals surface area contributed by atoms with E-state index in [1.165, 1.54) is 16.7 Å². The van der Waals surface area contributed by atoms with Crippen molar-refractivity contribution in [3.8, 4) is 5.75 Å². The zero-order valence-corrected chi connectivity index (χ0v) is 19.8. The molecule has 0 saturated heterocycles. The van der Waals surface area contributed by atoms with Gasteiger partial charge in [0.2, 0.25) is 5.91 Å². The van der Waals surface area contributed by atoms with Gasteiger partial charge < -0.3 is 14.6 Å². The van der Waals surface area contributed by atoms with E-state index in [-0.39, 0.29) is 11.8 Å². The van der Waals surface area contributed by atoms with Gasteiger partial charge in [0, 0.05) is 6.07 Å². The minimum atomic E-state index is -0.491. The summed E-state index contributed by atoms with van der Waals surface area (Å²) in [6.07, 6.45) is 2.26. The van der Waals surface area contributed by atoms with Crippen molar-refractivity contribution >= 4 is 46.3 Å². The van der Waals surface area contributed by atoms with Crippen molar-refractivity contribution in [3.05, 3.63) is 77.7 Å². The van der Waals surface area contributed by atoms with E-state index < -0.39 is 5.25 Å².